The molecule has 0 amide bonds. The van der Waals surface area contributed by atoms with Crippen molar-refractivity contribution in [2.24, 2.45) is 0 Å². The van der Waals surface area contributed by atoms with E-state index in [4.69, 9.17) is 17.7 Å². The lowest BCUT2D eigenvalue weighted by Crippen LogP contribution is -1.92. The van der Waals surface area contributed by atoms with Crippen LogP contribution < -0.4 is 0 Å². The van der Waals surface area contributed by atoms with Crippen molar-refractivity contribution in [3.8, 4) is 22.3 Å². The second kappa shape index (κ2) is 10.2. The molecule has 0 spiro atoms. The Morgan fingerprint density at radius 1 is 0.241 bits per heavy atom. The largest absolute Gasteiger partial charge is 0.455 e. The lowest BCUT2D eigenvalue weighted by Gasteiger charge is -2.18. The maximum atomic E-state index is 6.84. The quantitative estimate of drug-likeness (QED) is 0.169. The van der Waals surface area contributed by atoms with Crippen molar-refractivity contribution >= 4 is 109 Å². The first-order chi connectivity index (χ1) is 26.8. The first-order valence-electron chi connectivity index (χ1n) is 18.3. The van der Waals surface area contributed by atoms with Gasteiger partial charge in [0.05, 0.1) is 10.8 Å². The van der Waals surface area contributed by atoms with Crippen LogP contribution in [0.25, 0.3) is 132 Å². The predicted molar refractivity (Wildman–Crippen MR) is 221 cm³/mol. The van der Waals surface area contributed by atoms with Gasteiger partial charge in [0, 0.05) is 54.6 Å². The van der Waals surface area contributed by atoms with Crippen LogP contribution in [0.2, 0.25) is 0 Å². The monoisotopic (exact) mass is 690 g/mol. The third-order valence-corrected chi connectivity index (χ3v) is 11.4. The topological polar surface area (TPSA) is 52.6 Å². The molecule has 0 aliphatic rings. The molecule has 54 heavy (non-hydrogen) atoms. The molecular formula is C50H26O4. The number of hydrogen-bond donors (Lipinski definition) is 0. The van der Waals surface area contributed by atoms with E-state index in [2.05, 4.69) is 109 Å². The Morgan fingerprint density at radius 2 is 0.519 bits per heavy atom. The molecule has 0 aliphatic heterocycles. The predicted octanol–water partition coefficient (Wildman–Crippen LogP) is 14.9. The number of hydrogen-bond acceptors (Lipinski definition) is 4. The summed E-state index contributed by atoms with van der Waals surface area (Å²) < 4.78 is 26.9. The van der Waals surface area contributed by atoms with E-state index >= 15 is 0 Å². The van der Waals surface area contributed by atoms with Crippen LogP contribution in [0, 0.1) is 0 Å². The summed E-state index contributed by atoms with van der Waals surface area (Å²) in [7, 11) is 0. The van der Waals surface area contributed by atoms with Crippen molar-refractivity contribution in [1.82, 2.24) is 0 Å². The van der Waals surface area contributed by atoms with Crippen molar-refractivity contribution in [3.63, 3.8) is 0 Å². The Balaban J connectivity index is 1.23. The second-order valence-electron chi connectivity index (χ2n) is 14.2. The van der Waals surface area contributed by atoms with E-state index in [1.54, 1.807) is 0 Å². The fourth-order valence-corrected chi connectivity index (χ4v) is 9.21. The summed E-state index contributed by atoms with van der Waals surface area (Å²) in [5.41, 5.74) is 11.0. The van der Waals surface area contributed by atoms with Gasteiger partial charge in [0.25, 0.3) is 0 Å². The number of furan rings is 4. The average molecular weight is 691 g/mol. The molecule has 250 valence electrons. The van der Waals surface area contributed by atoms with Gasteiger partial charge < -0.3 is 17.7 Å². The third-order valence-electron chi connectivity index (χ3n) is 11.4. The molecule has 0 radical (unpaired) electrons. The molecule has 0 N–H and O–H groups in total. The van der Waals surface area contributed by atoms with Gasteiger partial charge in [-0.1, -0.05) is 121 Å². The number of rotatable bonds is 2. The minimum absolute atomic E-state index is 0.816. The maximum absolute atomic E-state index is 6.84. The highest BCUT2D eigenvalue weighted by molar-refractivity contribution is 6.32. The Hall–Kier alpha value is -7.30. The van der Waals surface area contributed by atoms with Gasteiger partial charge in [-0.2, -0.15) is 0 Å². The van der Waals surface area contributed by atoms with Gasteiger partial charge in [0.1, 0.15) is 44.7 Å². The van der Waals surface area contributed by atoms with Gasteiger partial charge in [-0.05, 0) is 57.9 Å². The molecule has 0 fully saturated rings. The van der Waals surface area contributed by atoms with Gasteiger partial charge in [0.15, 0.2) is 0 Å². The van der Waals surface area contributed by atoms with Crippen molar-refractivity contribution in [3.05, 3.63) is 158 Å². The lowest BCUT2D eigenvalue weighted by molar-refractivity contribution is 0.663. The zero-order chi connectivity index (χ0) is 35.1. The highest BCUT2D eigenvalue weighted by Crippen LogP contribution is 2.52. The van der Waals surface area contributed by atoms with Crippen molar-refractivity contribution in [2.45, 2.75) is 0 Å². The van der Waals surface area contributed by atoms with Crippen LogP contribution in [-0.2, 0) is 0 Å². The first kappa shape index (κ1) is 28.3. The smallest absolute Gasteiger partial charge is 0.147 e. The van der Waals surface area contributed by atoms with Crippen LogP contribution in [0.15, 0.2) is 175 Å². The maximum Gasteiger partial charge on any atom is 0.147 e. The van der Waals surface area contributed by atoms with E-state index in [0.717, 1.165) is 132 Å². The molecule has 0 saturated carbocycles. The Labute approximate surface area is 306 Å². The molecule has 0 unspecified atom stereocenters. The van der Waals surface area contributed by atoms with E-state index in [1.165, 1.54) is 0 Å². The van der Waals surface area contributed by atoms with Crippen LogP contribution in [0.1, 0.15) is 0 Å². The summed E-state index contributed by atoms with van der Waals surface area (Å²) in [5, 5.41) is 12.9. The molecule has 13 rings (SSSR count). The molecule has 4 heterocycles. The fourth-order valence-electron chi connectivity index (χ4n) is 9.21. The van der Waals surface area contributed by atoms with Gasteiger partial charge in [0.2, 0.25) is 0 Å². The Bertz CT molecular complexity index is 3430. The van der Waals surface area contributed by atoms with Gasteiger partial charge >= 0.3 is 0 Å². The molecule has 4 aromatic heterocycles. The summed E-state index contributed by atoms with van der Waals surface area (Å²) >= 11 is 0. The average Bonchev–Trinajstić information content (AvgIpc) is 3.99. The van der Waals surface area contributed by atoms with Gasteiger partial charge in [-0.3, -0.25) is 0 Å². The molecule has 0 bridgehead atoms. The molecule has 0 aliphatic carbocycles. The minimum atomic E-state index is 0.816. The standard InChI is InChI=1S/C50H26O4/c1-2-16-30-29(15-1)43(37-25-35-27-13-5-9-21-39(27)51-47(35)45-33-19-7-11-23-41(33)53-49(37)45)31-17-3-4-18-32(31)44(30)38-26-36-28-14-6-10-22-40(28)52-48(36)46-34-20-8-12-24-42(34)54-50(38)46/h1-26H. The third kappa shape index (κ3) is 3.57. The SMILES string of the molecule is c1ccc2c(c1)oc1c2cc(-c2c3ccccc3c(-c3cc4c5ccccc5oc4c4c3oc3ccccc34)c3ccccc23)c2oc3ccccc3c21. The van der Waals surface area contributed by atoms with Crippen molar-refractivity contribution < 1.29 is 17.7 Å². The molecule has 0 atom stereocenters. The normalized spacial score (nSPS) is 12.4. The molecule has 9 aromatic carbocycles. The van der Waals surface area contributed by atoms with E-state index in [0.29, 0.717) is 0 Å². The second-order valence-corrected chi connectivity index (χ2v) is 14.2. The number of para-hydroxylation sites is 4. The fraction of sp³-hybridized carbons (Fsp3) is 0. The molecule has 0 saturated heterocycles. The molecule has 13 aromatic rings. The van der Waals surface area contributed by atoms with E-state index < -0.39 is 0 Å². The van der Waals surface area contributed by atoms with Crippen molar-refractivity contribution in [2.75, 3.05) is 0 Å². The summed E-state index contributed by atoms with van der Waals surface area (Å²) in [4.78, 5) is 0. The molecule has 4 nitrogen and oxygen atoms in total. The highest BCUT2D eigenvalue weighted by Gasteiger charge is 2.27. The number of benzene rings is 9. The summed E-state index contributed by atoms with van der Waals surface area (Å²) in [6.07, 6.45) is 0. The Morgan fingerprint density at radius 3 is 0.889 bits per heavy atom. The zero-order valence-corrected chi connectivity index (χ0v) is 28.6. The summed E-state index contributed by atoms with van der Waals surface area (Å²) in [6, 6.07) is 55.2. The van der Waals surface area contributed by atoms with E-state index in [-0.39, 0.29) is 0 Å². The number of fused-ring (bicyclic) bond motifs is 16. The first-order valence-corrected chi connectivity index (χ1v) is 18.3. The zero-order valence-electron chi connectivity index (χ0n) is 28.6. The highest BCUT2D eigenvalue weighted by atomic mass is 16.4. The van der Waals surface area contributed by atoms with Gasteiger partial charge in [-0.15, -0.1) is 0 Å². The van der Waals surface area contributed by atoms with Crippen LogP contribution in [-0.4, -0.2) is 0 Å². The molecule has 4 heteroatoms. The van der Waals surface area contributed by atoms with Crippen LogP contribution in [0.3, 0.4) is 0 Å². The Kier molecular flexibility index (Phi) is 5.34. The van der Waals surface area contributed by atoms with Crippen LogP contribution in [0.4, 0.5) is 0 Å². The van der Waals surface area contributed by atoms with E-state index in [1.807, 2.05) is 48.5 Å². The van der Waals surface area contributed by atoms with Crippen LogP contribution in [0.5, 0.6) is 0 Å². The lowest BCUT2D eigenvalue weighted by atomic mass is 9.84. The van der Waals surface area contributed by atoms with Gasteiger partial charge in [-0.25, -0.2) is 0 Å². The summed E-state index contributed by atoms with van der Waals surface area (Å²) in [6.45, 7) is 0. The van der Waals surface area contributed by atoms with Crippen LogP contribution >= 0.6 is 0 Å². The summed E-state index contributed by atoms with van der Waals surface area (Å²) in [5.74, 6) is 0. The van der Waals surface area contributed by atoms with Crippen molar-refractivity contribution in [1.29, 1.82) is 0 Å². The minimum Gasteiger partial charge on any atom is -0.455 e. The molecular weight excluding hydrogens is 665 g/mol. The van der Waals surface area contributed by atoms with E-state index in [9.17, 15) is 0 Å².